The molecule has 2 aliphatic rings. The van der Waals surface area contributed by atoms with Crippen molar-refractivity contribution in [3.05, 3.63) is 83.2 Å². The monoisotopic (exact) mass is 490 g/mol. The molecule has 1 saturated heterocycles. The summed E-state index contributed by atoms with van der Waals surface area (Å²) >= 11 is 0. The summed E-state index contributed by atoms with van der Waals surface area (Å²) in [6, 6.07) is 18.0. The summed E-state index contributed by atoms with van der Waals surface area (Å²) < 4.78 is 1.79. The molecule has 7 heteroatoms. The Morgan fingerprint density at radius 2 is 1.84 bits per heavy atom. The van der Waals surface area contributed by atoms with Gasteiger partial charge in [-0.3, -0.25) is 4.79 Å². The quantitative estimate of drug-likeness (QED) is 0.438. The maximum absolute atomic E-state index is 12.9. The maximum atomic E-state index is 12.9. The van der Waals surface area contributed by atoms with Crippen LogP contribution in [-0.2, 0) is 0 Å². The highest BCUT2D eigenvalue weighted by molar-refractivity contribution is 5.94. The topological polar surface area (TPSA) is 65.8 Å². The Bertz CT molecular complexity index is 1520. The average Bonchev–Trinajstić information content (AvgIpc) is 3.55. The minimum Gasteiger partial charge on any atom is -0.384 e. The molecule has 2 aromatic heterocycles. The van der Waals surface area contributed by atoms with E-state index in [1.807, 2.05) is 41.3 Å². The molecule has 0 spiro atoms. The van der Waals surface area contributed by atoms with E-state index < -0.39 is 0 Å². The van der Waals surface area contributed by atoms with Gasteiger partial charge in [-0.2, -0.15) is 5.10 Å². The fourth-order valence-corrected chi connectivity index (χ4v) is 5.07. The third-order valence-corrected chi connectivity index (χ3v) is 7.44. The summed E-state index contributed by atoms with van der Waals surface area (Å²) in [5, 5.41) is 8.29. The number of hydrogen-bond acceptors (Lipinski definition) is 5. The van der Waals surface area contributed by atoms with Gasteiger partial charge in [0.15, 0.2) is 5.65 Å². The van der Waals surface area contributed by atoms with Crippen molar-refractivity contribution in [2.75, 3.05) is 45.1 Å². The zero-order chi connectivity index (χ0) is 25.4. The molecular weight excluding hydrogens is 460 g/mol. The first-order valence-corrected chi connectivity index (χ1v) is 12.9. The highest BCUT2D eigenvalue weighted by atomic mass is 16.2. The second-order valence-corrected chi connectivity index (χ2v) is 9.84. The van der Waals surface area contributed by atoms with Gasteiger partial charge in [0, 0.05) is 61.0 Å². The standard InChI is InChI=1S/C30H30N6O/c1-3-22-19-31-28-11-5-21(18-26(22)28)4-10-25-20-32-29-13-12-27(33-36(25)29)23-6-8-24(9-7-23)30(37)35-16-14-34(2)15-17-35/h5-9,11-13,18,20,22,31H,3,14-17,19H2,1-2H3. The summed E-state index contributed by atoms with van der Waals surface area (Å²) in [6.07, 6.45) is 2.88. The van der Waals surface area contributed by atoms with Gasteiger partial charge in [-0.15, -0.1) is 0 Å². The molecule has 1 fully saturated rings. The number of rotatable bonds is 3. The summed E-state index contributed by atoms with van der Waals surface area (Å²) in [6.45, 7) is 6.57. The van der Waals surface area contributed by atoms with E-state index >= 15 is 0 Å². The number of benzene rings is 2. The lowest BCUT2D eigenvalue weighted by molar-refractivity contribution is 0.0664. The Kier molecular flexibility index (Phi) is 6.11. The summed E-state index contributed by atoms with van der Waals surface area (Å²) in [5.74, 6) is 7.19. The van der Waals surface area contributed by atoms with E-state index in [1.165, 1.54) is 11.3 Å². The summed E-state index contributed by atoms with van der Waals surface area (Å²) in [4.78, 5) is 21.5. The van der Waals surface area contributed by atoms with Crippen LogP contribution in [-0.4, -0.2) is 70.1 Å². The molecular formula is C30H30N6O. The minimum atomic E-state index is 0.0859. The van der Waals surface area contributed by atoms with Gasteiger partial charge in [-0.05, 0) is 67.4 Å². The molecule has 0 bridgehead atoms. The Morgan fingerprint density at radius 3 is 2.62 bits per heavy atom. The number of aromatic nitrogens is 3. The average molecular weight is 491 g/mol. The number of fused-ring (bicyclic) bond motifs is 2. The first-order chi connectivity index (χ1) is 18.1. The van der Waals surface area contributed by atoms with E-state index in [-0.39, 0.29) is 5.91 Å². The molecule has 2 aliphatic heterocycles. The predicted octanol–water partition coefficient (Wildman–Crippen LogP) is 4.10. The van der Waals surface area contributed by atoms with E-state index in [4.69, 9.17) is 5.10 Å². The first kappa shape index (κ1) is 23.3. The predicted molar refractivity (Wildman–Crippen MR) is 146 cm³/mol. The van der Waals surface area contributed by atoms with Gasteiger partial charge in [0.2, 0.25) is 0 Å². The number of carbonyl (C=O) groups is 1. The normalized spacial score (nSPS) is 17.2. The third kappa shape index (κ3) is 4.56. The first-order valence-electron chi connectivity index (χ1n) is 12.9. The molecule has 1 N–H and O–H groups in total. The van der Waals surface area contributed by atoms with Crippen LogP contribution >= 0.6 is 0 Å². The largest absolute Gasteiger partial charge is 0.384 e. The lowest BCUT2D eigenvalue weighted by atomic mass is 9.97. The van der Waals surface area contributed by atoms with Gasteiger partial charge in [-0.1, -0.05) is 25.0 Å². The second kappa shape index (κ2) is 9.72. The molecule has 6 rings (SSSR count). The van der Waals surface area contributed by atoms with E-state index in [0.29, 0.717) is 11.5 Å². The Hall–Kier alpha value is -4.15. The van der Waals surface area contributed by atoms with Crippen molar-refractivity contribution in [2.45, 2.75) is 19.3 Å². The number of amides is 1. The lowest BCUT2D eigenvalue weighted by Gasteiger charge is -2.32. The van der Waals surface area contributed by atoms with Crippen molar-refractivity contribution in [1.29, 1.82) is 0 Å². The highest BCUT2D eigenvalue weighted by Crippen LogP contribution is 2.33. The Balaban J connectivity index is 1.24. The van der Waals surface area contributed by atoms with Crippen molar-refractivity contribution < 1.29 is 4.79 Å². The Labute approximate surface area is 217 Å². The van der Waals surface area contributed by atoms with Crippen LogP contribution in [0.3, 0.4) is 0 Å². The van der Waals surface area contributed by atoms with E-state index in [2.05, 4.69) is 59.2 Å². The molecule has 1 atom stereocenters. The van der Waals surface area contributed by atoms with Crippen molar-refractivity contribution in [2.24, 2.45) is 0 Å². The second-order valence-electron chi connectivity index (χ2n) is 9.84. The van der Waals surface area contributed by atoms with Gasteiger partial charge < -0.3 is 15.1 Å². The van der Waals surface area contributed by atoms with Gasteiger partial charge in [0.1, 0.15) is 5.69 Å². The van der Waals surface area contributed by atoms with Crippen molar-refractivity contribution >= 4 is 17.2 Å². The van der Waals surface area contributed by atoms with Crippen LogP contribution in [0.15, 0.2) is 60.8 Å². The molecule has 186 valence electrons. The fraction of sp³-hybridized carbons (Fsp3) is 0.300. The molecule has 0 saturated carbocycles. The van der Waals surface area contributed by atoms with Crippen molar-refractivity contribution in [1.82, 2.24) is 24.4 Å². The number of nitrogens with zero attached hydrogens (tertiary/aromatic N) is 5. The van der Waals surface area contributed by atoms with Gasteiger partial charge >= 0.3 is 0 Å². The minimum absolute atomic E-state index is 0.0859. The Morgan fingerprint density at radius 1 is 1.03 bits per heavy atom. The number of piperazine rings is 1. The molecule has 0 radical (unpaired) electrons. The number of anilines is 1. The van der Waals surface area contributed by atoms with Crippen LogP contribution in [0.5, 0.6) is 0 Å². The number of imidazole rings is 1. The van der Waals surface area contributed by atoms with Crippen molar-refractivity contribution in [3.63, 3.8) is 0 Å². The van der Waals surface area contributed by atoms with Crippen molar-refractivity contribution in [3.8, 4) is 23.1 Å². The van der Waals surface area contributed by atoms with Gasteiger partial charge in [0.25, 0.3) is 5.91 Å². The zero-order valence-electron chi connectivity index (χ0n) is 21.2. The molecule has 7 nitrogen and oxygen atoms in total. The molecule has 4 aromatic rings. The maximum Gasteiger partial charge on any atom is 0.253 e. The third-order valence-electron chi connectivity index (χ3n) is 7.44. The van der Waals surface area contributed by atoms with Crippen LogP contribution in [0, 0.1) is 11.8 Å². The van der Waals surface area contributed by atoms with Crippen LogP contribution in [0.4, 0.5) is 5.69 Å². The van der Waals surface area contributed by atoms with Crippen LogP contribution < -0.4 is 5.32 Å². The van der Waals surface area contributed by atoms with Crippen LogP contribution in [0.1, 0.15) is 46.4 Å². The summed E-state index contributed by atoms with van der Waals surface area (Å²) in [5.41, 5.74) is 7.51. The molecule has 1 unspecified atom stereocenters. The van der Waals surface area contributed by atoms with Crippen LogP contribution in [0.2, 0.25) is 0 Å². The molecule has 4 heterocycles. The number of carbonyl (C=O) groups excluding carboxylic acids is 1. The van der Waals surface area contributed by atoms with Gasteiger partial charge in [-0.25, -0.2) is 9.50 Å². The number of nitrogens with one attached hydrogen (secondary N) is 1. The molecule has 37 heavy (non-hydrogen) atoms. The number of hydrogen-bond donors (Lipinski definition) is 1. The van der Waals surface area contributed by atoms with E-state index in [1.54, 1.807) is 10.7 Å². The van der Waals surface area contributed by atoms with Gasteiger partial charge in [0.05, 0.1) is 11.9 Å². The highest BCUT2D eigenvalue weighted by Gasteiger charge is 2.21. The van der Waals surface area contributed by atoms with E-state index in [9.17, 15) is 4.79 Å². The molecule has 2 aromatic carbocycles. The molecule has 1 amide bonds. The smallest absolute Gasteiger partial charge is 0.253 e. The fourth-order valence-electron chi connectivity index (χ4n) is 5.07. The van der Waals surface area contributed by atoms with Crippen LogP contribution in [0.25, 0.3) is 16.9 Å². The number of likely N-dealkylation sites (N-methyl/N-ethyl adjacent to an activating group) is 1. The lowest BCUT2D eigenvalue weighted by Crippen LogP contribution is -2.47. The summed E-state index contributed by atoms with van der Waals surface area (Å²) in [7, 11) is 2.09. The van der Waals surface area contributed by atoms with E-state index in [0.717, 1.165) is 67.3 Å². The SMILES string of the molecule is CCC1CNc2ccc(C#Cc3cnc4ccc(-c5ccc(C(=O)N6CCN(C)CC6)cc5)nn34)cc21. The molecule has 0 aliphatic carbocycles. The zero-order valence-corrected chi connectivity index (χ0v) is 21.2.